The highest BCUT2D eigenvalue weighted by atomic mass is 19.1. The summed E-state index contributed by atoms with van der Waals surface area (Å²) in [4.78, 5) is 14.8. The van der Waals surface area contributed by atoms with Gasteiger partial charge in [-0.05, 0) is 19.4 Å². The van der Waals surface area contributed by atoms with Crippen molar-refractivity contribution in [1.82, 2.24) is 15.0 Å². The lowest BCUT2D eigenvalue weighted by molar-refractivity contribution is 0.118. The smallest absolute Gasteiger partial charge is 0.215 e. The number of hydrogen-bond donors (Lipinski definition) is 1. The van der Waals surface area contributed by atoms with Gasteiger partial charge in [-0.15, -0.1) is 0 Å². The lowest BCUT2D eigenvalue weighted by atomic mass is 10.2. The van der Waals surface area contributed by atoms with Crippen LogP contribution in [0.5, 0.6) is 5.88 Å². The van der Waals surface area contributed by atoms with Crippen LogP contribution in [-0.2, 0) is 4.74 Å². The Morgan fingerprint density at radius 3 is 2.88 bits per heavy atom. The summed E-state index contributed by atoms with van der Waals surface area (Å²) >= 11 is 0. The number of pyridine rings is 1. The third kappa shape index (κ3) is 3.96. The average molecular weight is 347 g/mol. The number of methoxy groups -OCH3 is 2. The monoisotopic (exact) mass is 347 g/mol. The van der Waals surface area contributed by atoms with E-state index in [4.69, 9.17) is 9.47 Å². The van der Waals surface area contributed by atoms with Crippen LogP contribution in [0.1, 0.15) is 12.1 Å². The van der Waals surface area contributed by atoms with Gasteiger partial charge in [-0.25, -0.2) is 14.4 Å². The van der Waals surface area contributed by atoms with Crippen LogP contribution in [0.2, 0.25) is 0 Å². The van der Waals surface area contributed by atoms with E-state index in [0.29, 0.717) is 12.4 Å². The Kier molecular flexibility index (Phi) is 5.28. The van der Waals surface area contributed by atoms with Gasteiger partial charge in [-0.2, -0.15) is 4.98 Å². The standard InChI is InChI=1S/C17H22FN5O2/c1-11-6-15(21-10-20-11)23-9-13(24-2)7-12(23)8-19-17-14(18)4-5-16(22-17)25-3/h4-6,10,12-13H,7-9H2,1-3H3,(H,19,22)/t12-,13-/m0/s1. The second kappa shape index (κ2) is 7.60. The fourth-order valence-electron chi connectivity index (χ4n) is 2.99. The maximum Gasteiger partial charge on any atom is 0.215 e. The van der Waals surface area contributed by atoms with Crippen LogP contribution in [0.3, 0.4) is 0 Å². The molecule has 1 saturated heterocycles. The van der Waals surface area contributed by atoms with Crippen LogP contribution < -0.4 is 15.0 Å². The molecular weight excluding hydrogens is 325 g/mol. The molecule has 0 saturated carbocycles. The summed E-state index contributed by atoms with van der Waals surface area (Å²) in [7, 11) is 3.20. The van der Waals surface area contributed by atoms with E-state index < -0.39 is 5.82 Å². The van der Waals surface area contributed by atoms with Crippen molar-refractivity contribution in [3.05, 3.63) is 36.0 Å². The molecule has 0 bridgehead atoms. The normalized spacial score (nSPS) is 19.9. The number of aromatic nitrogens is 3. The fraction of sp³-hybridized carbons (Fsp3) is 0.471. The Morgan fingerprint density at radius 2 is 2.16 bits per heavy atom. The number of nitrogens with zero attached hydrogens (tertiary/aromatic N) is 4. The van der Waals surface area contributed by atoms with Crippen LogP contribution in [0.25, 0.3) is 0 Å². The number of ether oxygens (including phenoxy) is 2. The third-order valence-electron chi connectivity index (χ3n) is 4.33. The highest BCUT2D eigenvalue weighted by Gasteiger charge is 2.33. The minimum Gasteiger partial charge on any atom is -0.481 e. The van der Waals surface area contributed by atoms with E-state index in [-0.39, 0.29) is 18.0 Å². The highest BCUT2D eigenvalue weighted by molar-refractivity contribution is 5.44. The number of hydrogen-bond acceptors (Lipinski definition) is 7. The molecule has 2 atom stereocenters. The van der Waals surface area contributed by atoms with Crippen molar-refractivity contribution in [2.75, 3.05) is 37.5 Å². The Morgan fingerprint density at radius 1 is 1.32 bits per heavy atom. The number of nitrogens with one attached hydrogen (secondary N) is 1. The van der Waals surface area contributed by atoms with Crippen molar-refractivity contribution in [1.29, 1.82) is 0 Å². The summed E-state index contributed by atoms with van der Waals surface area (Å²) in [5, 5.41) is 3.08. The maximum absolute atomic E-state index is 14.0. The topological polar surface area (TPSA) is 72.4 Å². The molecule has 0 radical (unpaired) electrons. The van der Waals surface area contributed by atoms with Gasteiger partial charge in [0.25, 0.3) is 0 Å². The zero-order chi connectivity index (χ0) is 17.8. The largest absolute Gasteiger partial charge is 0.481 e. The molecule has 3 rings (SSSR count). The summed E-state index contributed by atoms with van der Waals surface area (Å²) in [6.45, 7) is 3.17. The van der Waals surface area contributed by atoms with Gasteiger partial charge in [0.1, 0.15) is 12.1 Å². The van der Waals surface area contributed by atoms with Crippen molar-refractivity contribution >= 4 is 11.6 Å². The molecule has 0 amide bonds. The molecule has 25 heavy (non-hydrogen) atoms. The summed E-state index contributed by atoms with van der Waals surface area (Å²) < 4.78 is 24.5. The summed E-state index contributed by atoms with van der Waals surface area (Å²) in [5.41, 5.74) is 0.901. The van der Waals surface area contributed by atoms with E-state index in [9.17, 15) is 4.39 Å². The van der Waals surface area contributed by atoms with Gasteiger partial charge in [0.2, 0.25) is 5.88 Å². The zero-order valence-electron chi connectivity index (χ0n) is 14.6. The van der Waals surface area contributed by atoms with E-state index in [1.54, 1.807) is 13.4 Å². The molecule has 3 heterocycles. The molecule has 1 fully saturated rings. The van der Waals surface area contributed by atoms with Gasteiger partial charge in [0.15, 0.2) is 11.6 Å². The molecule has 0 unspecified atom stereocenters. The van der Waals surface area contributed by atoms with E-state index in [2.05, 4.69) is 25.2 Å². The van der Waals surface area contributed by atoms with E-state index in [1.165, 1.54) is 19.2 Å². The number of rotatable bonds is 6. The average Bonchev–Trinajstić information content (AvgIpc) is 3.04. The molecule has 134 valence electrons. The minimum absolute atomic E-state index is 0.102. The van der Waals surface area contributed by atoms with Gasteiger partial charge in [0.05, 0.1) is 19.3 Å². The number of halogens is 1. The summed E-state index contributed by atoms with van der Waals surface area (Å²) in [5.74, 6) is 0.983. The molecule has 8 heteroatoms. The molecule has 2 aromatic rings. The van der Waals surface area contributed by atoms with Crippen LogP contribution >= 0.6 is 0 Å². The van der Waals surface area contributed by atoms with Gasteiger partial charge in [0, 0.05) is 38.0 Å². The molecule has 2 aromatic heterocycles. The fourth-order valence-corrected chi connectivity index (χ4v) is 2.99. The SMILES string of the molecule is COc1ccc(F)c(NC[C@@H]2C[C@H](OC)CN2c2cc(C)ncn2)n1. The first-order chi connectivity index (χ1) is 12.1. The second-order valence-electron chi connectivity index (χ2n) is 5.98. The molecule has 0 spiro atoms. The number of aryl methyl sites for hydroxylation is 1. The Balaban J connectivity index is 1.75. The highest BCUT2D eigenvalue weighted by Crippen LogP contribution is 2.26. The molecule has 7 nitrogen and oxygen atoms in total. The van der Waals surface area contributed by atoms with Crippen molar-refractivity contribution < 1.29 is 13.9 Å². The van der Waals surface area contributed by atoms with E-state index in [1.807, 2.05) is 13.0 Å². The van der Waals surface area contributed by atoms with Crippen LogP contribution in [0, 0.1) is 12.7 Å². The minimum atomic E-state index is -0.411. The molecule has 0 aromatic carbocycles. The second-order valence-corrected chi connectivity index (χ2v) is 5.98. The first kappa shape index (κ1) is 17.3. The molecular formula is C17H22FN5O2. The first-order valence-electron chi connectivity index (χ1n) is 8.13. The predicted molar refractivity (Wildman–Crippen MR) is 92.6 cm³/mol. The van der Waals surface area contributed by atoms with Crippen molar-refractivity contribution in [2.24, 2.45) is 0 Å². The lowest BCUT2D eigenvalue weighted by Gasteiger charge is -2.26. The van der Waals surface area contributed by atoms with Crippen LogP contribution in [0.4, 0.5) is 16.0 Å². The first-order valence-corrected chi connectivity index (χ1v) is 8.13. The number of anilines is 2. The maximum atomic E-state index is 14.0. The van der Waals surface area contributed by atoms with Crippen molar-refractivity contribution in [3.63, 3.8) is 0 Å². The quantitative estimate of drug-likeness (QED) is 0.857. The van der Waals surface area contributed by atoms with Crippen molar-refractivity contribution in [3.8, 4) is 5.88 Å². The third-order valence-corrected chi connectivity index (χ3v) is 4.33. The molecule has 1 aliphatic rings. The van der Waals surface area contributed by atoms with Gasteiger partial charge >= 0.3 is 0 Å². The molecule has 1 aliphatic heterocycles. The Hall–Kier alpha value is -2.48. The van der Waals surface area contributed by atoms with E-state index >= 15 is 0 Å². The Bertz CT molecular complexity index is 730. The summed E-state index contributed by atoms with van der Waals surface area (Å²) in [6, 6.07) is 4.88. The van der Waals surface area contributed by atoms with Gasteiger partial charge in [-0.1, -0.05) is 0 Å². The summed E-state index contributed by atoms with van der Waals surface area (Å²) in [6.07, 6.45) is 2.47. The van der Waals surface area contributed by atoms with E-state index in [0.717, 1.165) is 24.5 Å². The van der Waals surface area contributed by atoms with Gasteiger partial charge < -0.3 is 19.7 Å². The van der Waals surface area contributed by atoms with Gasteiger partial charge in [-0.3, -0.25) is 0 Å². The lowest BCUT2D eigenvalue weighted by Crippen LogP contribution is -2.36. The zero-order valence-corrected chi connectivity index (χ0v) is 14.6. The van der Waals surface area contributed by atoms with Crippen molar-refractivity contribution in [2.45, 2.75) is 25.5 Å². The van der Waals surface area contributed by atoms with Crippen LogP contribution in [0.15, 0.2) is 24.5 Å². The molecule has 0 aliphatic carbocycles. The Labute approximate surface area is 146 Å². The van der Waals surface area contributed by atoms with Crippen LogP contribution in [-0.4, -0.2) is 54.4 Å². The molecule has 1 N–H and O–H groups in total. The predicted octanol–water partition coefficient (Wildman–Crippen LogP) is 2.03.